The first-order valence-electron chi connectivity index (χ1n) is 9.33. The Kier molecular flexibility index (Phi) is 7.03. The molecule has 8 nitrogen and oxygen atoms in total. The fourth-order valence-corrected chi connectivity index (χ4v) is 2.90. The number of carbonyl (C=O) groups is 2. The van der Waals surface area contributed by atoms with Crippen molar-refractivity contribution >= 4 is 29.1 Å². The maximum atomic E-state index is 12.5. The van der Waals surface area contributed by atoms with Crippen molar-refractivity contribution in [3.8, 4) is 5.75 Å². The van der Waals surface area contributed by atoms with Gasteiger partial charge in [0.1, 0.15) is 12.3 Å². The van der Waals surface area contributed by atoms with Crippen LogP contribution in [0.25, 0.3) is 0 Å². The molecule has 1 heterocycles. The van der Waals surface area contributed by atoms with Gasteiger partial charge in [-0.05, 0) is 55.3 Å². The molecule has 1 aromatic heterocycles. The number of carbonyl (C=O) groups excluding carboxylic acids is 2. The van der Waals surface area contributed by atoms with Gasteiger partial charge in [-0.1, -0.05) is 28.9 Å². The van der Waals surface area contributed by atoms with Crippen molar-refractivity contribution in [2.45, 2.75) is 19.9 Å². The third-order valence-electron chi connectivity index (χ3n) is 4.49. The van der Waals surface area contributed by atoms with Crippen LogP contribution in [-0.4, -0.2) is 40.5 Å². The molecule has 0 aliphatic carbocycles. The second-order valence-electron chi connectivity index (χ2n) is 6.59. The van der Waals surface area contributed by atoms with Gasteiger partial charge >= 0.3 is 0 Å². The summed E-state index contributed by atoms with van der Waals surface area (Å²) in [6, 6.07) is 14.4. The fraction of sp³-hybridized carbons (Fsp3) is 0.238. The summed E-state index contributed by atoms with van der Waals surface area (Å²) in [4.78, 5) is 24.7. The van der Waals surface area contributed by atoms with E-state index in [1.807, 2.05) is 24.3 Å². The lowest BCUT2D eigenvalue weighted by molar-refractivity contribution is -0.121. The number of amides is 2. The van der Waals surface area contributed by atoms with Gasteiger partial charge in [0, 0.05) is 17.3 Å². The summed E-state index contributed by atoms with van der Waals surface area (Å²) in [5, 5.41) is 14.1. The minimum atomic E-state index is -0.396. The zero-order valence-electron chi connectivity index (χ0n) is 16.7. The summed E-state index contributed by atoms with van der Waals surface area (Å²) in [6.07, 6.45) is 0.689. The fourth-order valence-electron chi connectivity index (χ4n) is 2.77. The highest BCUT2D eigenvalue weighted by Gasteiger charge is 2.18. The highest BCUT2D eigenvalue weighted by atomic mass is 35.5. The van der Waals surface area contributed by atoms with E-state index in [9.17, 15) is 9.59 Å². The predicted molar refractivity (Wildman–Crippen MR) is 114 cm³/mol. The smallest absolute Gasteiger partial charge is 0.278 e. The molecular weight excluding hydrogens is 406 g/mol. The van der Waals surface area contributed by atoms with Gasteiger partial charge in [0.2, 0.25) is 5.91 Å². The largest absolute Gasteiger partial charge is 0.497 e. The van der Waals surface area contributed by atoms with E-state index in [0.717, 1.165) is 5.56 Å². The molecule has 2 aromatic carbocycles. The van der Waals surface area contributed by atoms with E-state index in [2.05, 4.69) is 20.9 Å². The second kappa shape index (κ2) is 9.89. The van der Waals surface area contributed by atoms with E-state index in [-0.39, 0.29) is 18.1 Å². The Balaban J connectivity index is 1.52. The molecule has 0 fully saturated rings. The number of ether oxygens (including phenoxy) is 1. The van der Waals surface area contributed by atoms with Crippen LogP contribution in [0.5, 0.6) is 5.75 Å². The first-order chi connectivity index (χ1) is 14.5. The molecule has 30 heavy (non-hydrogen) atoms. The molecule has 2 N–H and O–H groups in total. The number of aromatic nitrogens is 3. The van der Waals surface area contributed by atoms with Crippen LogP contribution in [-0.2, 0) is 17.8 Å². The SMILES string of the molecule is COc1ccc(NC(=O)c2nnn(CC(=O)NCCc3ccc(Cl)cc3)c2C)cc1. The van der Waals surface area contributed by atoms with Gasteiger partial charge in [0.05, 0.1) is 12.8 Å². The normalized spacial score (nSPS) is 10.5. The lowest BCUT2D eigenvalue weighted by atomic mass is 10.1. The summed E-state index contributed by atoms with van der Waals surface area (Å²) in [5.41, 5.74) is 2.36. The van der Waals surface area contributed by atoms with Gasteiger partial charge in [-0.25, -0.2) is 4.68 Å². The molecule has 0 atom stereocenters. The monoisotopic (exact) mass is 427 g/mol. The van der Waals surface area contributed by atoms with E-state index in [0.29, 0.717) is 35.1 Å². The van der Waals surface area contributed by atoms with E-state index < -0.39 is 5.91 Å². The van der Waals surface area contributed by atoms with Crippen LogP contribution in [0.2, 0.25) is 5.02 Å². The first kappa shape index (κ1) is 21.3. The molecule has 0 spiro atoms. The molecule has 2 amide bonds. The van der Waals surface area contributed by atoms with E-state index in [4.69, 9.17) is 16.3 Å². The zero-order valence-corrected chi connectivity index (χ0v) is 17.4. The van der Waals surface area contributed by atoms with Crippen LogP contribution in [0.15, 0.2) is 48.5 Å². The number of hydrogen-bond donors (Lipinski definition) is 2. The molecule has 0 saturated carbocycles. The molecule has 0 unspecified atom stereocenters. The Morgan fingerprint density at radius 1 is 1.10 bits per heavy atom. The number of nitrogens with zero attached hydrogens (tertiary/aromatic N) is 3. The van der Waals surface area contributed by atoms with E-state index >= 15 is 0 Å². The van der Waals surface area contributed by atoms with Crippen LogP contribution in [0.3, 0.4) is 0 Å². The number of halogens is 1. The Bertz CT molecular complexity index is 1020. The van der Waals surface area contributed by atoms with Gasteiger partial charge in [-0.3, -0.25) is 9.59 Å². The quantitative estimate of drug-likeness (QED) is 0.576. The molecule has 0 saturated heterocycles. The maximum Gasteiger partial charge on any atom is 0.278 e. The molecular formula is C21H22ClN5O3. The molecule has 156 valence electrons. The van der Waals surface area contributed by atoms with Crippen LogP contribution < -0.4 is 15.4 Å². The summed E-state index contributed by atoms with van der Waals surface area (Å²) in [5.74, 6) is 0.0864. The summed E-state index contributed by atoms with van der Waals surface area (Å²) < 4.78 is 6.50. The molecule has 0 aliphatic heterocycles. The number of benzene rings is 2. The standard InChI is InChI=1S/C21H22ClN5O3/c1-14-20(21(29)24-17-7-9-18(30-2)10-8-17)25-26-27(14)13-19(28)23-12-11-15-3-5-16(22)6-4-15/h3-10H,11-13H2,1-2H3,(H,23,28)(H,24,29). The van der Waals surface area contributed by atoms with Crippen LogP contribution >= 0.6 is 11.6 Å². The average Bonchev–Trinajstić information content (AvgIpc) is 3.10. The molecule has 0 aliphatic rings. The zero-order chi connectivity index (χ0) is 21.5. The third-order valence-corrected chi connectivity index (χ3v) is 4.74. The molecule has 0 radical (unpaired) electrons. The van der Waals surface area contributed by atoms with Crippen molar-refractivity contribution in [3.63, 3.8) is 0 Å². The van der Waals surface area contributed by atoms with Gasteiger partial charge in [-0.15, -0.1) is 5.10 Å². The Morgan fingerprint density at radius 3 is 2.47 bits per heavy atom. The lowest BCUT2D eigenvalue weighted by Gasteiger charge is -2.07. The molecule has 3 aromatic rings. The highest BCUT2D eigenvalue weighted by Crippen LogP contribution is 2.16. The average molecular weight is 428 g/mol. The number of rotatable bonds is 8. The van der Waals surface area contributed by atoms with Crippen molar-refractivity contribution in [2.75, 3.05) is 19.0 Å². The number of methoxy groups -OCH3 is 1. The van der Waals surface area contributed by atoms with Gasteiger partial charge in [-0.2, -0.15) is 0 Å². The third kappa shape index (κ3) is 5.57. The summed E-state index contributed by atoms with van der Waals surface area (Å²) in [6.45, 7) is 2.16. The van der Waals surface area contributed by atoms with Crippen molar-refractivity contribution < 1.29 is 14.3 Å². The molecule has 3 rings (SSSR count). The van der Waals surface area contributed by atoms with Crippen molar-refractivity contribution in [1.29, 1.82) is 0 Å². The number of hydrogen-bond acceptors (Lipinski definition) is 5. The Morgan fingerprint density at radius 2 is 1.80 bits per heavy atom. The van der Waals surface area contributed by atoms with Crippen molar-refractivity contribution in [3.05, 3.63) is 70.5 Å². The predicted octanol–water partition coefficient (Wildman–Crippen LogP) is 2.86. The van der Waals surface area contributed by atoms with Gasteiger partial charge in [0.15, 0.2) is 5.69 Å². The van der Waals surface area contributed by atoms with E-state index in [1.54, 1.807) is 38.3 Å². The first-order valence-corrected chi connectivity index (χ1v) is 9.70. The van der Waals surface area contributed by atoms with Crippen LogP contribution in [0.1, 0.15) is 21.7 Å². The number of nitrogens with one attached hydrogen (secondary N) is 2. The molecule has 0 bridgehead atoms. The van der Waals surface area contributed by atoms with Crippen LogP contribution in [0, 0.1) is 6.92 Å². The minimum Gasteiger partial charge on any atom is -0.497 e. The van der Waals surface area contributed by atoms with Crippen molar-refractivity contribution in [2.24, 2.45) is 0 Å². The lowest BCUT2D eigenvalue weighted by Crippen LogP contribution is -2.30. The molecule has 9 heteroatoms. The van der Waals surface area contributed by atoms with Crippen LogP contribution in [0.4, 0.5) is 5.69 Å². The Labute approximate surface area is 179 Å². The van der Waals surface area contributed by atoms with Gasteiger partial charge < -0.3 is 15.4 Å². The van der Waals surface area contributed by atoms with Gasteiger partial charge in [0.25, 0.3) is 5.91 Å². The second-order valence-corrected chi connectivity index (χ2v) is 7.03. The van der Waals surface area contributed by atoms with Crippen molar-refractivity contribution in [1.82, 2.24) is 20.3 Å². The highest BCUT2D eigenvalue weighted by molar-refractivity contribution is 6.30. The maximum absolute atomic E-state index is 12.5. The minimum absolute atomic E-state index is 0.0186. The Hall–Kier alpha value is -3.39. The number of anilines is 1. The summed E-state index contributed by atoms with van der Waals surface area (Å²) in [7, 11) is 1.57. The topological polar surface area (TPSA) is 98.1 Å². The summed E-state index contributed by atoms with van der Waals surface area (Å²) >= 11 is 5.86. The van der Waals surface area contributed by atoms with E-state index in [1.165, 1.54) is 4.68 Å².